The Balaban J connectivity index is 1.58. The summed E-state index contributed by atoms with van der Waals surface area (Å²) in [7, 11) is -3.87. The Morgan fingerprint density at radius 2 is 1.94 bits per heavy atom. The highest BCUT2D eigenvalue weighted by Gasteiger charge is 2.34. The van der Waals surface area contributed by atoms with Crippen molar-refractivity contribution in [1.82, 2.24) is 13.9 Å². The second-order valence-corrected chi connectivity index (χ2v) is 11.1. The lowest BCUT2D eigenvalue weighted by Crippen LogP contribution is -2.51. The van der Waals surface area contributed by atoms with E-state index in [1.54, 1.807) is 45.0 Å². The number of alkyl halides is 1. The maximum Gasteiger partial charge on any atom is 0.410 e. The molecule has 1 saturated heterocycles. The molecule has 11 heteroatoms. The van der Waals surface area contributed by atoms with Crippen molar-refractivity contribution in [3.05, 3.63) is 48.8 Å². The molecule has 34 heavy (non-hydrogen) atoms. The number of fused-ring (bicyclic) bond motifs is 1. The fourth-order valence-electron chi connectivity index (χ4n) is 3.88. The average molecular weight is 490 g/mol. The van der Waals surface area contributed by atoms with Crippen molar-refractivity contribution < 1.29 is 22.3 Å². The van der Waals surface area contributed by atoms with E-state index in [4.69, 9.17) is 10.5 Å². The topological polar surface area (TPSA) is 120 Å². The van der Waals surface area contributed by atoms with Crippen LogP contribution >= 0.6 is 0 Å². The summed E-state index contributed by atoms with van der Waals surface area (Å²) >= 11 is 0. The number of carbonyl (C=O) groups is 1. The van der Waals surface area contributed by atoms with Gasteiger partial charge in [-0.1, -0.05) is 18.2 Å². The van der Waals surface area contributed by atoms with Gasteiger partial charge in [0.15, 0.2) is 5.65 Å². The smallest absolute Gasteiger partial charge is 0.410 e. The molecule has 3 aromatic rings. The second-order valence-electron chi connectivity index (χ2n) is 9.24. The highest BCUT2D eigenvalue weighted by Crippen LogP contribution is 2.33. The van der Waals surface area contributed by atoms with Gasteiger partial charge < -0.3 is 20.7 Å². The zero-order chi connectivity index (χ0) is 24.7. The van der Waals surface area contributed by atoms with Gasteiger partial charge in [0.05, 0.1) is 35.1 Å². The summed E-state index contributed by atoms with van der Waals surface area (Å²) in [5, 5.41) is 3.59. The highest BCUT2D eigenvalue weighted by molar-refractivity contribution is 7.90. The molecule has 9 nitrogen and oxygen atoms in total. The molecule has 1 amide bonds. The minimum Gasteiger partial charge on any atom is -0.444 e. The Bertz CT molecular complexity index is 1300. The number of nitrogen functional groups attached to an aromatic ring is 1. The van der Waals surface area contributed by atoms with E-state index in [1.165, 1.54) is 29.4 Å². The number of aromatic nitrogens is 2. The maximum absolute atomic E-state index is 15.1. The normalized spacial score (nSPS) is 19.2. The zero-order valence-electron chi connectivity index (χ0n) is 19.2. The molecule has 2 unspecified atom stereocenters. The van der Waals surface area contributed by atoms with Gasteiger partial charge in [0, 0.05) is 18.1 Å². The number of hydrogen-bond acceptors (Lipinski definition) is 7. The minimum absolute atomic E-state index is 0.121. The molecule has 4 rings (SSSR count). The Morgan fingerprint density at radius 3 is 2.59 bits per heavy atom. The molecule has 1 aromatic carbocycles. The van der Waals surface area contributed by atoms with E-state index in [-0.39, 0.29) is 22.8 Å². The Morgan fingerprint density at radius 1 is 1.24 bits per heavy atom. The molecule has 0 bridgehead atoms. The molecular weight excluding hydrogens is 461 g/mol. The number of likely N-dealkylation sites (tertiary alicyclic amines) is 1. The van der Waals surface area contributed by atoms with E-state index in [2.05, 4.69) is 10.3 Å². The van der Waals surface area contributed by atoms with Crippen LogP contribution in [0.15, 0.2) is 53.7 Å². The maximum atomic E-state index is 15.1. The third-order valence-corrected chi connectivity index (χ3v) is 7.21. The van der Waals surface area contributed by atoms with E-state index in [1.807, 2.05) is 0 Å². The number of anilines is 2. The van der Waals surface area contributed by atoms with Gasteiger partial charge in [-0.15, -0.1) is 0 Å². The predicted octanol–water partition coefficient (Wildman–Crippen LogP) is 3.61. The van der Waals surface area contributed by atoms with E-state index in [0.717, 1.165) is 3.97 Å². The Kier molecular flexibility index (Phi) is 6.15. The summed E-state index contributed by atoms with van der Waals surface area (Å²) in [6, 6.07) is 8.98. The van der Waals surface area contributed by atoms with Crippen LogP contribution in [0, 0.1) is 0 Å². The number of hydrogen-bond donors (Lipinski definition) is 2. The van der Waals surface area contributed by atoms with Crippen LogP contribution in [-0.4, -0.2) is 59.3 Å². The number of piperidine rings is 1. The summed E-state index contributed by atoms with van der Waals surface area (Å²) in [6.07, 6.45) is 1.15. The second kappa shape index (κ2) is 8.79. The van der Waals surface area contributed by atoms with Crippen LogP contribution in [0.25, 0.3) is 11.0 Å². The van der Waals surface area contributed by atoms with Crippen molar-refractivity contribution in [2.75, 3.05) is 24.1 Å². The molecule has 182 valence electrons. The summed E-state index contributed by atoms with van der Waals surface area (Å²) < 4.78 is 47.7. The number of benzene rings is 1. The van der Waals surface area contributed by atoms with Crippen molar-refractivity contribution >= 4 is 38.5 Å². The number of nitrogens with two attached hydrogens (primary N) is 1. The van der Waals surface area contributed by atoms with Crippen LogP contribution in [-0.2, 0) is 14.8 Å². The van der Waals surface area contributed by atoms with Crippen LogP contribution in [0.2, 0.25) is 0 Å². The van der Waals surface area contributed by atoms with Crippen molar-refractivity contribution in [1.29, 1.82) is 0 Å². The number of carbonyl (C=O) groups excluding carboxylic acids is 1. The third-order valence-electron chi connectivity index (χ3n) is 5.53. The van der Waals surface area contributed by atoms with Gasteiger partial charge in [0.25, 0.3) is 10.0 Å². The summed E-state index contributed by atoms with van der Waals surface area (Å²) in [5.41, 5.74) is 6.33. The number of ether oxygens (including phenoxy) is 1. The molecule has 2 aromatic heterocycles. The fraction of sp³-hybridized carbons (Fsp3) is 0.391. The van der Waals surface area contributed by atoms with E-state index >= 15 is 4.39 Å². The summed E-state index contributed by atoms with van der Waals surface area (Å²) in [4.78, 5) is 18.0. The largest absolute Gasteiger partial charge is 0.444 e. The molecule has 0 saturated carbocycles. The molecule has 0 radical (unpaired) electrons. The van der Waals surface area contributed by atoms with Crippen molar-refractivity contribution in [2.24, 2.45) is 0 Å². The lowest BCUT2D eigenvalue weighted by atomic mass is 10.0. The fourth-order valence-corrected chi connectivity index (χ4v) is 5.21. The zero-order valence-corrected chi connectivity index (χ0v) is 20.0. The van der Waals surface area contributed by atoms with E-state index < -0.39 is 33.9 Å². The first-order valence-corrected chi connectivity index (χ1v) is 12.4. The molecule has 1 aliphatic rings. The van der Waals surface area contributed by atoms with Crippen LogP contribution in [0.5, 0.6) is 0 Å². The highest BCUT2D eigenvalue weighted by atomic mass is 32.2. The molecule has 2 atom stereocenters. The number of rotatable bonds is 4. The molecule has 0 aliphatic carbocycles. The first kappa shape index (κ1) is 23.8. The van der Waals surface area contributed by atoms with Crippen LogP contribution < -0.4 is 11.1 Å². The van der Waals surface area contributed by atoms with Crippen LogP contribution in [0.1, 0.15) is 27.2 Å². The van der Waals surface area contributed by atoms with Gasteiger partial charge in [0.2, 0.25) is 0 Å². The van der Waals surface area contributed by atoms with Crippen molar-refractivity contribution in [2.45, 2.75) is 49.9 Å². The van der Waals surface area contributed by atoms with Gasteiger partial charge in [-0.05, 0) is 45.4 Å². The van der Waals surface area contributed by atoms with Gasteiger partial charge in [0.1, 0.15) is 11.8 Å². The van der Waals surface area contributed by atoms with Gasteiger partial charge in [-0.3, -0.25) is 0 Å². The lowest BCUT2D eigenvalue weighted by Gasteiger charge is -2.36. The number of nitrogens with one attached hydrogen (secondary N) is 1. The van der Waals surface area contributed by atoms with Gasteiger partial charge >= 0.3 is 6.09 Å². The molecule has 3 heterocycles. The molecule has 3 N–H and O–H groups in total. The monoisotopic (exact) mass is 489 g/mol. The SMILES string of the molecule is CC(C)(C)OC(=O)N1CCC(Nc2c(N)cnc3c2ccn3S(=O)(=O)c2ccccc2)C(F)C1. The van der Waals surface area contributed by atoms with Crippen LogP contribution in [0.4, 0.5) is 20.6 Å². The van der Waals surface area contributed by atoms with Crippen molar-refractivity contribution in [3.8, 4) is 0 Å². The number of nitrogens with zero attached hydrogens (tertiary/aromatic N) is 3. The summed E-state index contributed by atoms with van der Waals surface area (Å²) in [5.74, 6) is 0. The van der Waals surface area contributed by atoms with Crippen molar-refractivity contribution in [3.63, 3.8) is 0 Å². The van der Waals surface area contributed by atoms with Gasteiger partial charge in [-0.25, -0.2) is 26.6 Å². The Hall–Kier alpha value is -3.34. The Labute approximate surface area is 197 Å². The molecule has 1 fully saturated rings. The van der Waals surface area contributed by atoms with Gasteiger partial charge in [-0.2, -0.15) is 0 Å². The minimum atomic E-state index is -3.87. The first-order valence-electron chi connectivity index (χ1n) is 10.9. The number of amides is 1. The first-order chi connectivity index (χ1) is 16.0. The lowest BCUT2D eigenvalue weighted by molar-refractivity contribution is 0.0125. The third kappa shape index (κ3) is 4.65. The summed E-state index contributed by atoms with van der Waals surface area (Å²) in [6.45, 7) is 5.46. The molecule has 1 aliphatic heterocycles. The molecular formula is C23H28FN5O4S. The predicted molar refractivity (Wildman–Crippen MR) is 128 cm³/mol. The van der Waals surface area contributed by atoms with Crippen LogP contribution in [0.3, 0.4) is 0 Å². The standard InChI is InChI=1S/C23H28FN5O4S/c1-23(2,3)33-22(30)28-11-10-19(17(24)14-28)27-20-16-9-12-29(21(16)26-13-18(20)25)34(31,32)15-7-5-4-6-8-15/h4-9,12-13,17,19H,10-11,14,25H2,1-3H3,(H,26,27). The number of pyridine rings is 1. The van der Waals surface area contributed by atoms with E-state index in [0.29, 0.717) is 24.0 Å². The van der Waals surface area contributed by atoms with E-state index in [9.17, 15) is 13.2 Å². The molecule has 0 spiro atoms. The number of halogens is 1. The quantitative estimate of drug-likeness (QED) is 0.574. The average Bonchev–Trinajstić information content (AvgIpc) is 3.21.